The third kappa shape index (κ3) is 3.81. The van der Waals surface area contributed by atoms with Crippen molar-refractivity contribution in [2.24, 2.45) is 0 Å². The first-order chi connectivity index (χ1) is 7.41. The maximum atomic E-state index is 12.2. The fourth-order valence-electron chi connectivity index (χ4n) is 0.732. The number of hydrogen-bond donors (Lipinski definition) is 0. The Kier molecular flexibility index (Phi) is 3.78. The maximum Gasteiger partial charge on any atom is 0.503 e. The van der Waals surface area contributed by atoms with Crippen LogP contribution in [-0.2, 0) is 14.6 Å². The van der Waals surface area contributed by atoms with E-state index in [1.165, 1.54) is 24.3 Å². The second kappa shape index (κ2) is 4.88. The number of halogens is 3. The minimum absolute atomic E-state index is 0.186. The highest BCUT2D eigenvalue weighted by atomic mass is 32.3. The standard InChI is InChI=1S/C8H5F3O4S/c9-7(10)8(11)15-16(12,13)14-6-4-2-1-3-5-6/h1-5H. The van der Waals surface area contributed by atoms with Gasteiger partial charge in [0, 0.05) is 0 Å². The van der Waals surface area contributed by atoms with Gasteiger partial charge in [-0.3, -0.25) is 0 Å². The van der Waals surface area contributed by atoms with E-state index in [0.717, 1.165) is 0 Å². The molecule has 0 saturated carbocycles. The zero-order valence-corrected chi connectivity index (χ0v) is 8.38. The quantitative estimate of drug-likeness (QED) is 0.774. The lowest BCUT2D eigenvalue weighted by atomic mass is 10.3. The van der Waals surface area contributed by atoms with Crippen LogP contribution in [0, 0.1) is 0 Å². The molecule has 0 bridgehead atoms. The maximum absolute atomic E-state index is 12.2. The van der Waals surface area contributed by atoms with E-state index in [0.29, 0.717) is 0 Å². The molecule has 1 rings (SSSR count). The molecule has 0 saturated heterocycles. The van der Waals surface area contributed by atoms with Crippen LogP contribution in [-0.4, -0.2) is 8.42 Å². The summed E-state index contributed by atoms with van der Waals surface area (Å²) in [6, 6.07) is 4.39. The van der Waals surface area contributed by atoms with Crippen LogP contribution < -0.4 is 4.18 Å². The predicted molar refractivity (Wildman–Crippen MR) is 47.4 cm³/mol. The first-order valence-electron chi connectivity index (χ1n) is 3.80. The van der Waals surface area contributed by atoms with Crippen molar-refractivity contribution in [2.45, 2.75) is 0 Å². The molecule has 16 heavy (non-hydrogen) atoms. The van der Waals surface area contributed by atoms with Gasteiger partial charge in [-0.1, -0.05) is 18.2 Å². The molecule has 0 atom stereocenters. The van der Waals surface area contributed by atoms with Gasteiger partial charge in [0.05, 0.1) is 0 Å². The van der Waals surface area contributed by atoms with E-state index < -0.39 is 22.5 Å². The first kappa shape index (κ1) is 12.4. The van der Waals surface area contributed by atoms with Crippen molar-refractivity contribution >= 4 is 10.4 Å². The Bertz CT molecular complexity index is 479. The molecule has 0 unspecified atom stereocenters. The molecule has 8 heteroatoms. The number of para-hydroxylation sites is 1. The van der Waals surface area contributed by atoms with E-state index >= 15 is 0 Å². The van der Waals surface area contributed by atoms with E-state index in [2.05, 4.69) is 8.37 Å². The van der Waals surface area contributed by atoms with Crippen LogP contribution in [0.5, 0.6) is 5.75 Å². The summed E-state index contributed by atoms with van der Waals surface area (Å²) in [5.74, 6) is -0.186. The highest BCUT2D eigenvalue weighted by Gasteiger charge is 2.20. The highest BCUT2D eigenvalue weighted by molar-refractivity contribution is 7.82. The van der Waals surface area contributed by atoms with E-state index in [4.69, 9.17) is 0 Å². The second-order valence-corrected chi connectivity index (χ2v) is 3.57. The average Bonchev–Trinajstić information content (AvgIpc) is 2.17. The largest absolute Gasteiger partial charge is 0.503 e. The van der Waals surface area contributed by atoms with Gasteiger partial charge in [0.15, 0.2) is 0 Å². The summed E-state index contributed by atoms with van der Waals surface area (Å²) in [6.45, 7) is 0. The Morgan fingerprint density at radius 1 is 1.06 bits per heavy atom. The van der Waals surface area contributed by atoms with Crippen LogP contribution in [0.25, 0.3) is 0 Å². The summed E-state index contributed by atoms with van der Waals surface area (Å²) < 4.78 is 64.5. The summed E-state index contributed by atoms with van der Waals surface area (Å²) >= 11 is 0. The fraction of sp³-hybridized carbons (Fsp3) is 0. The van der Waals surface area contributed by atoms with Crippen LogP contribution in [0.3, 0.4) is 0 Å². The summed E-state index contributed by atoms with van der Waals surface area (Å²) in [6.07, 6.45) is -2.89. The van der Waals surface area contributed by atoms with Gasteiger partial charge in [-0.2, -0.15) is 13.2 Å². The van der Waals surface area contributed by atoms with Crippen molar-refractivity contribution in [3.63, 3.8) is 0 Å². The summed E-state index contributed by atoms with van der Waals surface area (Å²) in [4.78, 5) is 0. The third-order valence-electron chi connectivity index (χ3n) is 1.27. The number of rotatable bonds is 4. The summed E-state index contributed by atoms with van der Waals surface area (Å²) in [5, 5.41) is 0. The molecule has 0 radical (unpaired) electrons. The molecule has 0 N–H and O–H groups in total. The lowest BCUT2D eigenvalue weighted by Gasteiger charge is -2.04. The minimum Gasteiger partial charge on any atom is -0.353 e. The molecule has 1 aromatic carbocycles. The van der Waals surface area contributed by atoms with E-state index in [9.17, 15) is 21.6 Å². The van der Waals surface area contributed by atoms with Crippen molar-refractivity contribution < 1.29 is 30.0 Å². The van der Waals surface area contributed by atoms with E-state index in [1.54, 1.807) is 6.07 Å². The summed E-state index contributed by atoms with van der Waals surface area (Å²) in [7, 11) is -4.89. The molecule has 0 heterocycles. The van der Waals surface area contributed by atoms with Crippen LogP contribution in [0.4, 0.5) is 13.2 Å². The lowest BCUT2D eigenvalue weighted by Crippen LogP contribution is -2.12. The Hall–Kier alpha value is -1.70. The van der Waals surface area contributed by atoms with Gasteiger partial charge in [0.2, 0.25) is 0 Å². The predicted octanol–water partition coefficient (Wildman–Crippen LogP) is 2.36. The normalized spacial score (nSPS) is 10.7. The molecule has 0 aromatic heterocycles. The molecule has 4 nitrogen and oxygen atoms in total. The monoisotopic (exact) mass is 254 g/mol. The van der Waals surface area contributed by atoms with E-state index in [1.807, 2.05) is 0 Å². The zero-order valence-electron chi connectivity index (χ0n) is 7.56. The van der Waals surface area contributed by atoms with Crippen LogP contribution >= 0.6 is 0 Å². The Morgan fingerprint density at radius 2 is 1.62 bits per heavy atom. The smallest absolute Gasteiger partial charge is 0.353 e. The van der Waals surface area contributed by atoms with Gasteiger partial charge in [0.25, 0.3) is 0 Å². The molecule has 0 spiro atoms. The van der Waals surface area contributed by atoms with Gasteiger partial charge in [-0.25, -0.2) is 0 Å². The van der Waals surface area contributed by atoms with Gasteiger partial charge in [-0.05, 0) is 12.1 Å². The first-order valence-corrected chi connectivity index (χ1v) is 5.14. The van der Waals surface area contributed by atoms with Gasteiger partial charge in [0.1, 0.15) is 5.75 Å². The summed E-state index contributed by atoms with van der Waals surface area (Å²) in [5.41, 5.74) is 0. The Balaban J connectivity index is 2.78. The topological polar surface area (TPSA) is 52.6 Å². The van der Waals surface area contributed by atoms with Crippen LogP contribution in [0.1, 0.15) is 0 Å². The fourth-order valence-corrected chi connectivity index (χ4v) is 1.36. The van der Waals surface area contributed by atoms with Crippen molar-refractivity contribution in [3.05, 3.63) is 42.4 Å². The van der Waals surface area contributed by atoms with Gasteiger partial charge in [-0.15, -0.1) is 8.42 Å². The van der Waals surface area contributed by atoms with Crippen molar-refractivity contribution in [2.75, 3.05) is 0 Å². The third-order valence-corrected chi connectivity index (χ3v) is 2.01. The van der Waals surface area contributed by atoms with E-state index in [-0.39, 0.29) is 5.75 Å². The molecule has 0 aliphatic carbocycles. The second-order valence-electron chi connectivity index (χ2n) is 2.42. The zero-order chi connectivity index (χ0) is 12.2. The highest BCUT2D eigenvalue weighted by Crippen LogP contribution is 2.17. The molecule has 1 aromatic rings. The molecule has 0 aliphatic heterocycles. The number of benzene rings is 1. The SMILES string of the molecule is O=S(=O)(OC(F)=C(F)F)Oc1ccccc1. The molecule has 0 aliphatic rings. The average molecular weight is 254 g/mol. The molecule has 88 valence electrons. The van der Waals surface area contributed by atoms with Gasteiger partial charge >= 0.3 is 22.5 Å². The van der Waals surface area contributed by atoms with Crippen LogP contribution in [0.15, 0.2) is 42.4 Å². The molecular formula is C8H5F3O4S. The van der Waals surface area contributed by atoms with Crippen molar-refractivity contribution in [3.8, 4) is 5.75 Å². The molecular weight excluding hydrogens is 249 g/mol. The van der Waals surface area contributed by atoms with Crippen molar-refractivity contribution in [1.82, 2.24) is 0 Å². The van der Waals surface area contributed by atoms with Crippen molar-refractivity contribution in [1.29, 1.82) is 0 Å². The number of hydrogen-bond acceptors (Lipinski definition) is 4. The molecule has 0 fully saturated rings. The Labute approximate surface area is 89.2 Å². The van der Waals surface area contributed by atoms with Gasteiger partial charge < -0.3 is 8.37 Å². The molecule has 0 amide bonds. The minimum atomic E-state index is -4.89. The van der Waals surface area contributed by atoms with Crippen LogP contribution in [0.2, 0.25) is 0 Å². The Morgan fingerprint density at radius 3 is 2.12 bits per heavy atom. The lowest BCUT2D eigenvalue weighted by molar-refractivity contribution is 0.224.